The first-order valence-electron chi connectivity index (χ1n) is 7.87. The minimum atomic E-state index is 0.452. The fourth-order valence-corrected chi connectivity index (χ4v) is 3.39. The molecule has 0 aliphatic carbocycles. The van der Waals surface area contributed by atoms with Crippen molar-refractivity contribution in [1.82, 2.24) is 9.38 Å². The predicted molar refractivity (Wildman–Crippen MR) is 93.8 cm³/mol. The van der Waals surface area contributed by atoms with E-state index in [9.17, 15) is 4.79 Å². The summed E-state index contributed by atoms with van der Waals surface area (Å²) in [6.45, 7) is 6.91. The van der Waals surface area contributed by atoms with Gasteiger partial charge in [-0.1, -0.05) is 19.9 Å². The smallest absolute Gasteiger partial charge is 0.194 e. The molecule has 0 bridgehead atoms. The zero-order chi connectivity index (χ0) is 16.4. The Morgan fingerprint density at radius 1 is 1.39 bits per heavy atom. The second-order valence-corrected chi connectivity index (χ2v) is 6.39. The lowest BCUT2D eigenvalue weighted by molar-refractivity contribution is 0.111. The number of nitrogens with zero attached hydrogens (tertiary/aromatic N) is 2. The Balaban J connectivity index is 2.21. The third-order valence-corrected chi connectivity index (χ3v) is 4.91. The van der Waals surface area contributed by atoms with Gasteiger partial charge in [-0.05, 0) is 37.0 Å². The minimum absolute atomic E-state index is 0.452. The van der Waals surface area contributed by atoms with Crippen molar-refractivity contribution in [3.63, 3.8) is 0 Å². The molecule has 0 saturated carbocycles. The first kappa shape index (κ1) is 15.7. The number of thiazole rings is 1. The van der Waals surface area contributed by atoms with Gasteiger partial charge in [-0.2, -0.15) is 0 Å². The number of rotatable bonds is 6. The van der Waals surface area contributed by atoms with Gasteiger partial charge in [0.1, 0.15) is 17.1 Å². The summed E-state index contributed by atoms with van der Waals surface area (Å²) >= 11 is 1.52. The number of hydrogen-bond acceptors (Lipinski definition) is 4. The molecule has 0 N–H and O–H groups in total. The van der Waals surface area contributed by atoms with Crippen LogP contribution >= 0.6 is 11.3 Å². The molecule has 2 heterocycles. The topological polar surface area (TPSA) is 43.6 Å². The van der Waals surface area contributed by atoms with Crippen molar-refractivity contribution in [2.75, 3.05) is 6.61 Å². The summed E-state index contributed by atoms with van der Waals surface area (Å²) in [5, 5.41) is 1.93. The van der Waals surface area contributed by atoms with E-state index in [1.54, 1.807) is 0 Å². The average Bonchev–Trinajstić information content (AvgIpc) is 3.15. The first-order chi connectivity index (χ1) is 11.2. The van der Waals surface area contributed by atoms with Crippen LogP contribution in [0.4, 0.5) is 0 Å². The summed E-state index contributed by atoms with van der Waals surface area (Å²) < 4.78 is 7.60. The first-order valence-corrected chi connectivity index (χ1v) is 8.75. The van der Waals surface area contributed by atoms with Gasteiger partial charge in [-0.15, -0.1) is 11.3 Å². The van der Waals surface area contributed by atoms with Gasteiger partial charge in [-0.3, -0.25) is 9.20 Å². The molecule has 0 saturated heterocycles. The third kappa shape index (κ3) is 2.77. The SMILES string of the molecule is CCOc1ccc(C(C)CC)cc1-c1nc2sccn2c1C=O. The molecule has 3 aromatic rings. The van der Waals surface area contributed by atoms with E-state index in [1.807, 2.05) is 29.0 Å². The van der Waals surface area contributed by atoms with Gasteiger partial charge < -0.3 is 4.74 Å². The van der Waals surface area contributed by atoms with Crippen molar-refractivity contribution in [3.05, 3.63) is 41.0 Å². The van der Waals surface area contributed by atoms with Crippen molar-refractivity contribution in [1.29, 1.82) is 0 Å². The molecule has 1 unspecified atom stereocenters. The molecule has 0 amide bonds. The number of carbonyl (C=O) groups excluding carboxylic acids is 1. The van der Waals surface area contributed by atoms with E-state index in [-0.39, 0.29) is 0 Å². The van der Waals surface area contributed by atoms with Crippen LogP contribution in [0.15, 0.2) is 29.8 Å². The van der Waals surface area contributed by atoms with Crippen molar-refractivity contribution >= 4 is 22.6 Å². The molecular formula is C18H20N2O2S. The van der Waals surface area contributed by atoms with Gasteiger partial charge in [0.05, 0.1) is 6.61 Å². The van der Waals surface area contributed by atoms with E-state index in [0.29, 0.717) is 23.9 Å². The van der Waals surface area contributed by atoms with Crippen LogP contribution in [0.3, 0.4) is 0 Å². The molecule has 120 valence electrons. The van der Waals surface area contributed by atoms with E-state index in [1.165, 1.54) is 16.9 Å². The number of aldehydes is 1. The number of aromatic nitrogens is 2. The molecule has 0 aliphatic rings. The van der Waals surface area contributed by atoms with E-state index < -0.39 is 0 Å². The standard InChI is InChI=1S/C18H20N2O2S/c1-4-12(3)13-6-7-16(22-5-2)14(10-13)17-15(11-21)20-8-9-23-18(20)19-17/h6-12H,4-5H2,1-3H3. The summed E-state index contributed by atoms with van der Waals surface area (Å²) in [5.41, 5.74) is 3.39. The van der Waals surface area contributed by atoms with Gasteiger partial charge in [0.25, 0.3) is 0 Å². The average molecular weight is 328 g/mol. The molecule has 5 heteroatoms. The van der Waals surface area contributed by atoms with Crippen LogP contribution in [0.5, 0.6) is 5.75 Å². The van der Waals surface area contributed by atoms with Crippen LogP contribution in [-0.4, -0.2) is 22.3 Å². The fraction of sp³-hybridized carbons (Fsp3) is 0.333. The molecule has 0 aliphatic heterocycles. The van der Waals surface area contributed by atoms with Gasteiger partial charge >= 0.3 is 0 Å². The van der Waals surface area contributed by atoms with Gasteiger partial charge in [0.15, 0.2) is 11.2 Å². The van der Waals surface area contributed by atoms with Crippen molar-refractivity contribution < 1.29 is 9.53 Å². The highest BCUT2D eigenvalue weighted by Crippen LogP contribution is 2.35. The molecule has 0 fully saturated rings. The highest BCUT2D eigenvalue weighted by molar-refractivity contribution is 7.15. The van der Waals surface area contributed by atoms with Crippen LogP contribution in [0.2, 0.25) is 0 Å². The molecule has 1 aromatic carbocycles. The zero-order valence-electron chi connectivity index (χ0n) is 13.6. The highest BCUT2D eigenvalue weighted by Gasteiger charge is 2.19. The lowest BCUT2D eigenvalue weighted by Gasteiger charge is -2.14. The molecule has 23 heavy (non-hydrogen) atoms. The van der Waals surface area contributed by atoms with Crippen LogP contribution in [0, 0.1) is 0 Å². The van der Waals surface area contributed by atoms with E-state index in [4.69, 9.17) is 4.74 Å². The maximum absolute atomic E-state index is 11.6. The largest absolute Gasteiger partial charge is 0.493 e. The summed E-state index contributed by atoms with van der Waals surface area (Å²) in [7, 11) is 0. The molecule has 2 aromatic heterocycles. The number of carbonyl (C=O) groups is 1. The fourth-order valence-electron chi connectivity index (χ4n) is 2.67. The van der Waals surface area contributed by atoms with Crippen LogP contribution < -0.4 is 4.74 Å². The molecule has 1 atom stereocenters. The molecule has 0 radical (unpaired) electrons. The number of fused-ring (bicyclic) bond motifs is 1. The monoisotopic (exact) mass is 328 g/mol. The Morgan fingerprint density at radius 2 is 2.22 bits per heavy atom. The number of ether oxygens (including phenoxy) is 1. The summed E-state index contributed by atoms with van der Waals surface area (Å²) in [4.78, 5) is 17.1. The van der Waals surface area contributed by atoms with Crippen LogP contribution in [0.1, 0.15) is 49.2 Å². The third-order valence-electron chi connectivity index (χ3n) is 4.15. The molecular weight excluding hydrogens is 308 g/mol. The Labute approximate surface area is 139 Å². The number of imidazole rings is 1. The normalized spacial score (nSPS) is 12.5. The number of hydrogen-bond donors (Lipinski definition) is 0. The maximum atomic E-state index is 11.6. The lowest BCUT2D eigenvalue weighted by Crippen LogP contribution is -1.99. The Bertz CT molecular complexity index is 835. The summed E-state index contributed by atoms with van der Waals surface area (Å²) in [6, 6.07) is 6.20. The van der Waals surface area contributed by atoms with E-state index in [2.05, 4.69) is 31.0 Å². The Morgan fingerprint density at radius 3 is 2.91 bits per heavy atom. The quantitative estimate of drug-likeness (QED) is 0.611. The van der Waals surface area contributed by atoms with Gasteiger partial charge in [0, 0.05) is 17.1 Å². The van der Waals surface area contributed by atoms with E-state index >= 15 is 0 Å². The Kier molecular flexibility index (Phi) is 4.48. The Hall–Kier alpha value is -2.14. The second-order valence-electron chi connectivity index (χ2n) is 5.52. The molecule has 3 rings (SSSR count). The van der Waals surface area contributed by atoms with Gasteiger partial charge in [0.2, 0.25) is 0 Å². The molecule has 0 spiro atoms. The highest BCUT2D eigenvalue weighted by atomic mass is 32.1. The summed E-state index contributed by atoms with van der Waals surface area (Å²) in [6.07, 6.45) is 3.80. The van der Waals surface area contributed by atoms with Crippen molar-refractivity contribution in [2.45, 2.75) is 33.1 Å². The van der Waals surface area contributed by atoms with E-state index in [0.717, 1.165) is 29.0 Å². The lowest BCUT2D eigenvalue weighted by atomic mass is 9.95. The predicted octanol–water partition coefficient (Wildman–Crippen LogP) is 4.79. The van der Waals surface area contributed by atoms with Crippen molar-refractivity contribution in [3.8, 4) is 17.0 Å². The zero-order valence-corrected chi connectivity index (χ0v) is 14.4. The maximum Gasteiger partial charge on any atom is 0.194 e. The van der Waals surface area contributed by atoms with Crippen molar-refractivity contribution in [2.24, 2.45) is 0 Å². The summed E-state index contributed by atoms with van der Waals surface area (Å²) in [5.74, 6) is 1.22. The van der Waals surface area contributed by atoms with Crippen LogP contribution in [0.25, 0.3) is 16.2 Å². The minimum Gasteiger partial charge on any atom is -0.493 e. The van der Waals surface area contributed by atoms with Gasteiger partial charge in [-0.25, -0.2) is 4.98 Å². The van der Waals surface area contributed by atoms with Crippen LogP contribution in [-0.2, 0) is 0 Å². The second kappa shape index (κ2) is 6.54. The number of benzene rings is 1. The molecule has 4 nitrogen and oxygen atoms in total.